The Morgan fingerprint density at radius 1 is 1.14 bits per heavy atom. The zero-order valence-electron chi connectivity index (χ0n) is 12.6. The van der Waals surface area contributed by atoms with E-state index in [9.17, 15) is 4.79 Å². The van der Waals surface area contributed by atoms with Gasteiger partial charge in [-0.25, -0.2) is 0 Å². The lowest BCUT2D eigenvalue weighted by atomic mass is 10.1. The van der Waals surface area contributed by atoms with E-state index in [1.54, 1.807) is 0 Å². The van der Waals surface area contributed by atoms with Gasteiger partial charge in [0.1, 0.15) is 0 Å². The van der Waals surface area contributed by atoms with Gasteiger partial charge >= 0.3 is 0 Å². The zero-order valence-corrected chi connectivity index (χ0v) is 12.6. The van der Waals surface area contributed by atoms with Gasteiger partial charge in [-0.1, -0.05) is 0 Å². The molecule has 0 aliphatic rings. The first-order chi connectivity index (χ1) is 9.97. The normalized spacial score (nSPS) is 11.0. The van der Waals surface area contributed by atoms with Crippen molar-refractivity contribution in [1.82, 2.24) is 15.2 Å². The predicted octanol–water partition coefficient (Wildman–Crippen LogP) is 3.38. The second-order valence-corrected chi connectivity index (χ2v) is 5.40. The van der Waals surface area contributed by atoms with Gasteiger partial charge in [-0.3, -0.25) is 9.89 Å². The van der Waals surface area contributed by atoms with Gasteiger partial charge in [-0.15, -0.1) is 0 Å². The molecule has 1 aromatic carbocycles. The van der Waals surface area contributed by atoms with Crippen LogP contribution in [-0.4, -0.2) is 21.1 Å². The van der Waals surface area contributed by atoms with Gasteiger partial charge in [-0.05, 0) is 51.5 Å². The van der Waals surface area contributed by atoms with Crippen LogP contribution in [0.5, 0.6) is 0 Å². The number of aromatic nitrogens is 3. The summed E-state index contributed by atoms with van der Waals surface area (Å²) in [6.07, 6.45) is 0. The molecule has 0 aliphatic carbocycles. The highest BCUT2D eigenvalue weighted by atomic mass is 16.1. The third kappa shape index (κ3) is 2.20. The monoisotopic (exact) mass is 282 g/mol. The Morgan fingerprint density at radius 2 is 1.90 bits per heavy atom. The second kappa shape index (κ2) is 4.77. The van der Waals surface area contributed by atoms with E-state index in [-0.39, 0.29) is 5.91 Å². The topological polar surface area (TPSA) is 73.6 Å². The molecule has 2 heterocycles. The van der Waals surface area contributed by atoms with Crippen molar-refractivity contribution in [3.63, 3.8) is 0 Å². The van der Waals surface area contributed by atoms with Crippen molar-refractivity contribution >= 4 is 22.5 Å². The van der Waals surface area contributed by atoms with E-state index < -0.39 is 0 Å². The lowest BCUT2D eigenvalue weighted by Crippen LogP contribution is -2.12. The summed E-state index contributed by atoms with van der Waals surface area (Å²) in [5.74, 6) is -0.122. The number of H-pyrrole nitrogens is 2. The third-order valence-electron chi connectivity index (χ3n) is 3.94. The smallest absolute Gasteiger partial charge is 0.255 e. The van der Waals surface area contributed by atoms with E-state index in [4.69, 9.17) is 0 Å². The molecule has 21 heavy (non-hydrogen) atoms. The standard InChI is InChI=1S/C16H18N4O/c1-8-9(2)17-14-6-5-12(7-13(8)14)16(21)18-15-10(3)19-20-11(15)4/h5-7,17H,1-4H3,(H,18,21)(H,19,20). The molecule has 3 aromatic rings. The molecule has 108 valence electrons. The summed E-state index contributed by atoms with van der Waals surface area (Å²) in [7, 11) is 0. The summed E-state index contributed by atoms with van der Waals surface area (Å²) < 4.78 is 0. The number of aromatic amines is 2. The van der Waals surface area contributed by atoms with Crippen LogP contribution in [0.4, 0.5) is 5.69 Å². The van der Waals surface area contributed by atoms with Crippen LogP contribution < -0.4 is 5.32 Å². The molecule has 1 amide bonds. The number of nitrogens with zero attached hydrogens (tertiary/aromatic N) is 1. The Morgan fingerprint density at radius 3 is 2.57 bits per heavy atom. The minimum atomic E-state index is -0.122. The summed E-state index contributed by atoms with van der Waals surface area (Å²) in [6, 6.07) is 5.70. The highest BCUT2D eigenvalue weighted by Gasteiger charge is 2.13. The van der Waals surface area contributed by atoms with Gasteiger partial charge in [0.15, 0.2) is 0 Å². The molecule has 0 aliphatic heterocycles. The van der Waals surface area contributed by atoms with Gasteiger partial charge in [0, 0.05) is 22.2 Å². The number of carbonyl (C=O) groups is 1. The Labute approximate surface area is 122 Å². The number of amides is 1. The Hall–Kier alpha value is -2.56. The summed E-state index contributed by atoms with van der Waals surface area (Å²) in [6.45, 7) is 7.84. The molecule has 0 radical (unpaired) electrons. The average Bonchev–Trinajstić information content (AvgIpc) is 2.93. The van der Waals surface area contributed by atoms with Crippen molar-refractivity contribution in [3.05, 3.63) is 46.4 Å². The van der Waals surface area contributed by atoms with Crippen LogP contribution in [0.15, 0.2) is 18.2 Å². The molecule has 0 saturated carbocycles. The van der Waals surface area contributed by atoms with Crippen molar-refractivity contribution in [2.45, 2.75) is 27.7 Å². The fourth-order valence-corrected chi connectivity index (χ4v) is 2.52. The Kier molecular flexibility index (Phi) is 3.05. The largest absolute Gasteiger partial charge is 0.358 e. The fourth-order valence-electron chi connectivity index (χ4n) is 2.52. The van der Waals surface area contributed by atoms with Crippen molar-refractivity contribution in [1.29, 1.82) is 0 Å². The van der Waals surface area contributed by atoms with E-state index >= 15 is 0 Å². The molecule has 0 atom stereocenters. The van der Waals surface area contributed by atoms with Gasteiger partial charge in [0.2, 0.25) is 0 Å². The lowest BCUT2D eigenvalue weighted by Gasteiger charge is -2.05. The highest BCUT2D eigenvalue weighted by molar-refractivity contribution is 6.07. The molecule has 0 spiro atoms. The van der Waals surface area contributed by atoms with Crippen molar-refractivity contribution in [3.8, 4) is 0 Å². The molecule has 5 nitrogen and oxygen atoms in total. The minimum absolute atomic E-state index is 0.122. The number of fused-ring (bicyclic) bond motifs is 1. The van der Waals surface area contributed by atoms with E-state index in [2.05, 4.69) is 27.4 Å². The quantitative estimate of drug-likeness (QED) is 0.674. The van der Waals surface area contributed by atoms with Crippen LogP contribution in [0.2, 0.25) is 0 Å². The van der Waals surface area contributed by atoms with Crippen LogP contribution in [0.25, 0.3) is 10.9 Å². The minimum Gasteiger partial charge on any atom is -0.358 e. The third-order valence-corrected chi connectivity index (χ3v) is 3.94. The SMILES string of the molecule is Cc1n[nH]c(C)c1NC(=O)c1ccc2[nH]c(C)c(C)c2c1. The maximum absolute atomic E-state index is 12.4. The number of aryl methyl sites for hydroxylation is 4. The number of rotatable bonds is 2. The molecule has 0 unspecified atom stereocenters. The molecule has 0 bridgehead atoms. The predicted molar refractivity (Wildman–Crippen MR) is 83.8 cm³/mol. The van der Waals surface area contributed by atoms with Crippen molar-refractivity contribution in [2.75, 3.05) is 5.32 Å². The van der Waals surface area contributed by atoms with Crippen molar-refractivity contribution in [2.24, 2.45) is 0 Å². The first kappa shape index (κ1) is 13.4. The molecule has 0 fully saturated rings. The Balaban J connectivity index is 1.96. The molecule has 2 aromatic heterocycles. The van der Waals surface area contributed by atoms with Gasteiger partial charge in [0.05, 0.1) is 17.1 Å². The first-order valence-electron chi connectivity index (χ1n) is 6.89. The molecular formula is C16H18N4O. The molecule has 3 rings (SSSR count). The summed E-state index contributed by atoms with van der Waals surface area (Å²) in [5.41, 5.74) is 6.40. The van der Waals surface area contributed by atoms with Crippen LogP contribution >= 0.6 is 0 Å². The number of carbonyl (C=O) groups excluding carboxylic acids is 1. The van der Waals surface area contributed by atoms with Crippen LogP contribution in [-0.2, 0) is 0 Å². The highest BCUT2D eigenvalue weighted by Crippen LogP contribution is 2.23. The molecule has 3 N–H and O–H groups in total. The van der Waals surface area contributed by atoms with E-state index in [0.29, 0.717) is 5.56 Å². The van der Waals surface area contributed by atoms with E-state index in [0.717, 1.165) is 33.7 Å². The number of nitrogens with one attached hydrogen (secondary N) is 3. The average molecular weight is 282 g/mol. The number of hydrogen-bond donors (Lipinski definition) is 3. The van der Waals surface area contributed by atoms with Crippen LogP contribution in [0.3, 0.4) is 0 Å². The Bertz CT molecular complexity index is 822. The maximum Gasteiger partial charge on any atom is 0.255 e. The molecular weight excluding hydrogens is 264 g/mol. The van der Waals surface area contributed by atoms with Gasteiger partial charge in [0.25, 0.3) is 5.91 Å². The number of anilines is 1. The summed E-state index contributed by atoms with van der Waals surface area (Å²) in [5, 5.41) is 11.0. The van der Waals surface area contributed by atoms with Crippen LogP contribution in [0.1, 0.15) is 33.0 Å². The second-order valence-electron chi connectivity index (χ2n) is 5.40. The van der Waals surface area contributed by atoms with Gasteiger partial charge in [-0.2, -0.15) is 5.10 Å². The molecule has 0 saturated heterocycles. The van der Waals surface area contributed by atoms with Crippen LogP contribution in [0, 0.1) is 27.7 Å². The molecule has 5 heteroatoms. The lowest BCUT2D eigenvalue weighted by molar-refractivity contribution is 0.102. The maximum atomic E-state index is 12.4. The van der Waals surface area contributed by atoms with E-state index in [1.807, 2.05) is 39.0 Å². The number of benzene rings is 1. The van der Waals surface area contributed by atoms with Gasteiger partial charge < -0.3 is 10.3 Å². The van der Waals surface area contributed by atoms with E-state index in [1.165, 1.54) is 5.56 Å². The first-order valence-corrected chi connectivity index (χ1v) is 6.89. The number of hydrogen-bond acceptors (Lipinski definition) is 2. The van der Waals surface area contributed by atoms with Crippen molar-refractivity contribution < 1.29 is 4.79 Å². The summed E-state index contributed by atoms with van der Waals surface area (Å²) in [4.78, 5) is 15.7. The fraction of sp³-hybridized carbons (Fsp3) is 0.250. The zero-order chi connectivity index (χ0) is 15.1. The summed E-state index contributed by atoms with van der Waals surface area (Å²) >= 11 is 0.